The number of ether oxygens (including phenoxy) is 1. The number of carbonyl (C=O) groups excluding carboxylic acids is 2. The molecule has 0 radical (unpaired) electrons. The number of rotatable bonds is 5. The van der Waals surface area contributed by atoms with E-state index in [4.69, 9.17) is 4.42 Å². The highest BCUT2D eigenvalue weighted by Crippen LogP contribution is 2.24. The zero-order valence-corrected chi connectivity index (χ0v) is 16.9. The largest absolute Gasteiger partial charge is 0.465 e. The Morgan fingerprint density at radius 3 is 2.47 bits per heavy atom. The summed E-state index contributed by atoms with van der Waals surface area (Å²) in [5, 5.41) is 12.2. The van der Waals surface area contributed by atoms with E-state index in [1.807, 2.05) is 38.1 Å². The van der Waals surface area contributed by atoms with Crippen molar-refractivity contribution in [2.45, 2.75) is 13.8 Å². The number of hydrogen-bond donors (Lipinski definition) is 1. The first kappa shape index (κ1) is 20.6. The van der Waals surface area contributed by atoms with Crippen molar-refractivity contribution in [3.8, 4) is 17.4 Å². The summed E-state index contributed by atoms with van der Waals surface area (Å²) >= 11 is 0. The van der Waals surface area contributed by atoms with Crippen molar-refractivity contribution in [1.82, 2.24) is 0 Å². The second-order valence-corrected chi connectivity index (χ2v) is 6.71. The second-order valence-electron chi connectivity index (χ2n) is 6.71. The molecule has 3 rings (SSSR count). The first-order valence-corrected chi connectivity index (χ1v) is 9.20. The minimum atomic E-state index is -0.508. The normalized spacial score (nSPS) is 10.9. The highest BCUT2D eigenvalue weighted by atomic mass is 16.5. The quantitative estimate of drug-likeness (QED) is 0.374. The zero-order valence-electron chi connectivity index (χ0n) is 16.9. The second kappa shape index (κ2) is 8.93. The molecule has 6 nitrogen and oxygen atoms in total. The van der Waals surface area contributed by atoms with E-state index in [0.29, 0.717) is 22.8 Å². The molecule has 0 bridgehead atoms. The van der Waals surface area contributed by atoms with Crippen LogP contribution in [-0.2, 0) is 9.53 Å². The van der Waals surface area contributed by atoms with Gasteiger partial charge in [0.25, 0.3) is 5.91 Å². The monoisotopic (exact) mass is 400 g/mol. The van der Waals surface area contributed by atoms with Crippen molar-refractivity contribution in [1.29, 1.82) is 5.26 Å². The molecule has 0 aliphatic carbocycles. The van der Waals surface area contributed by atoms with Crippen LogP contribution >= 0.6 is 0 Å². The van der Waals surface area contributed by atoms with E-state index in [9.17, 15) is 14.9 Å². The van der Waals surface area contributed by atoms with Gasteiger partial charge in [-0.15, -0.1) is 0 Å². The molecule has 1 aromatic heterocycles. The van der Waals surface area contributed by atoms with Crippen LogP contribution in [0, 0.1) is 25.2 Å². The third-order valence-electron chi connectivity index (χ3n) is 4.51. The highest BCUT2D eigenvalue weighted by Gasteiger charge is 2.13. The van der Waals surface area contributed by atoms with Gasteiger partial charge in [-0.25, -0.2) is 4.79 Å². The fourth-order valence-electron chi connectivity index (χ4n) is 2.82. The number of carbonyl (C=O) groups is 2. The van der Waals surface area contributed by atoms with Crippen LogP contribution in [0.4, 0.5) is 5.69 Å². The van der Waals surface area contributed by atoms with Gasteiger partial charge < -0.3 is 14.5 Å². The Balaban J connectivity index is 1.79. The number of furan rings is 1. The fourth-order valence-corrected chi connectivity index (χ4v) is 2.82. The minimum absolute atomic E-state index is 0.0714. The van der Waals surface area contributed by atoms with Gasteiger partial charge in [0.1, 0.15) is 23.2 Å². The van der Waals surface area contributed by atoms with Crippen LogP contribution in [0.1, 0.15) is 27.2 Å². The summed E-state index contributed by atoms with van der Waals surface area (Å²) in [5.41, 5.74) is 3.68. The van der Waals surface area contributed by atoms with Gasteiger partial charge in [0.2, 0.25) is 0 Å². The first-order chi connectivity index (χ1) is 14.4. The molecule has 0 fully saturated rings. The van der Waals surface area contributed by atoms with E-state index < -0.39 is 11.9 Å². The van der Waals surface area contributed by atoms with Gasteiger partial charge in [0.15, 0.2) is 0 Å². The maximum Gasteiger partial charge on any atom is 0.337 e. The molecule has 0 atom stereocenters. The van der Waals surface area contributed by atoms with Gasteiger partial charge in [-0.2, -0.15) is 5.26 Å². The number of anilines is 1. The van der Waals surface area contributed by atoms with E-state index in [1.165, 1.54) is 13.2 Å². The average Bonchev–Trinajstić information content (AvgIpc) is 3.22. The Labute approximate surface area is 174 Å². The van der Waals surface area contributed by atoms with Crippen LogP contribution < -0.4 is 5.32 Å². The smallest absolute Gasteiger partial charge is 0.337 e. The van der Waals surface area contributed by atoms with E-state index in [1.54, 1.807) is 36.4 Å². The average molecular weight is 400 g/mol. The Bertz CT molecular complexity index is 1160. The number of amides is 1. The van der Waals surface area contributed by atoms with E-state index in [-0.39, 0.29) is 5.57 Å². The Hall–Kier alpha value is -4.11. The number of nitrogens with one attached hydrogen (secondary N) is 1. The Kier molecular flexibility index (Phi) is 6.14. The standard InChI is InChI=1S/C24H20N2O4/c1-15-4-5-16(2)21(12-15)26-23(27)19(14-25)13-20-10-11-22(30-20)17-6-8-18(9-7-17)24(28)29-3/h4-13H,1-3H3,(H,26,27)/b19-13+. The number of aryl methyl sites for hydroxylation is 2. The van der Waals surface area contributed by atoms with Crippen molar-refractivity contribution < 1.29 is 18.7 Å². The maximum absolute atomic E-state index is 12.5. The lowest BCUT2D eigenvalue weighted by atomic mass is 10.1. The molecular weight excluding hydrogens is 380 g/mol. The van der Waals surface area contributed by atoms with Crippen LogP contribution in [0.3, 0.4) is 0 Å². The number of esters is 1. The van der Waals surface area contributed by atoms with E-state index >= 15 is 0 Å². The summed E-state index contributed by atoms with van der Waals surface area (Å²) in [7, 11) is 1.32. The van der Waals surface area contributed by atoms with Crippen molar-refractivity contribution in [3.63, 3.8) is 0 Å². The molecule has 3 aromatic rings. The third kappa shape index (κ3) is 4.65. The molecule has 0 saturated heterocycles. The van der Waals surface area contributed by atoms with Crippen molar-refractivity contribution >= 4 is 23.6 Å². The number of nitrogens with zero attached hydrogens (tertiary/aromatic N) is 1. The van der Waals surface area contributed by atoms with Gasteiger partial charge in [0, 0.05) is 17.3 Å². The molecule has 30 heavy (non-hydrogen) atoms. The van der Waals surface area contributed by atoms with Crippen LogP contribution in [0.2, 0.25) is 0 Å². The zero-order chi connectivity index (χ0) is 21.7. The van der Waals surface area contributed by atoms with Gasteiger partial charge in [-0.1, -0.05) is 24.3 Å². The topological polar surface area (TPSA) is 92.3 Å². The minimum Gasteiger partial charge on any atom is -0.465 e. The summed E-state index contributed by atoms with van der Waals surface area (Å²) in [6.45, 7) is 3.81. The van der Waals surface area contributed by atoms with Gasteiger partial charge in [-0.05, 0) is 55.3 Å². The summed E-state index contributed by atoms with van der Waals surface area (Å²) in [6.07, 6.45) is 1.40. The molecule has 150 valence electrons. The van der Waals surface area contributed by atoms with Crippen LogP contribution in [-0.4, -0.2) is 19.0 Å². The molecular formula is C24H20N2O4. The van der Waals surface area contributed by atoms with Crippen LogP contribution in [0.25, 0.3) is 17.4 Å². The third-order valence-corrected chi connectivity index (χ3v) is 4.51. The molecule has 0 spiro atoms. The predicted molar refractivity (Wildman–Crippen MR) is 114 cm³/mol. The fraction of sp³-hybridized carbons (Fsp3) is 0.125. The lowest BCUT2D eigenvalue weighted by molar-refractivity contribution is -0.112. The summed E-state index contributed by atoms with van der Waals surface area (Å²) in [5.74, 6) is -0.00989. The molecule has 0 unspecified atom stereocenters. The van der Waals surface area contributed by atoms with Crippen molar-refractivity contribution in [2.75, 3.05) is 12.4 Å². The molecule has 1 amide bonds. The molecule has 1 N–H and O–H groups in total. The summed E-state index contributed by atoms with van der Waals surface area (Å²) < 4.78 is 10.4. The SMILES string of the molecule is COC(=O)c1ccc(-c2ccc(/C=C(\C#N)C(=O)Nc3cc(C)ccc3C)o2)cc1. The van der Waals surface area contributed by atoms with Crippen LogP contribution in [0.5, 0.6) is 0 Å². The molecule has 1 heterocycles. The first-order valence-electron chi connectivity index (χ1n) is 9.20. The van der Waals surface area contributed by atoms with Crippen molar-refractivity contribution in [3.05, 3.63) is 82.6 Å². The Morgan fingerprint density at radius 1 is 1.07 bits per heavy atom. The lowest BCUT2D eigenvalue weighted by Gasteiger charge is -2.08. The summed E-state index contributed by atoms with van der Waals surface area (Å²) in [4.78, 5) is 24.1. The predicted octanol–water partition coefficient (Wildman–Crippen LogP) is 4.90. The molecule has 6 heteroatoms. The van der Waals surface area contributed by atoms with E-state index in [2.05, 4.69) is 10.1 Å². The van der Waals surface area contributed by atoms with E-state index in [0.717, 1.165) is 16.7 Å². The van der Waals surface area contributed by atoms with Gasteiger partial charge in [-0.3, -0.25) is 4.79 Å². The molecule has 0 aliphatic rings. The maximum atomic E-state index is 12.5. The molecule has 0 aliphatic heterocycles. The number of nitriles is 1. The molecule has 2 aromatic carbocycles. The number of benzene rings is 2. The van der Waals surface area contributed by atoms with Crippen LogP contribution in [0.15, 0.2) is 64.6 Å². The molecule has 0 saturated carbocycles. The highest BCUT2D eigenvalue weighted by molar-refractivity contribution is 6.09. The Morgan fingerprint density at radius 2 is 1.80 bits per heavy atom. The number of hydrogen-bond acceptors (Lipinski definition) is 5. The summed E-state index contributed by atoms with van der Waals surface area (Å²) in [6, 6.07) is 17.8. The van der Waals surface area contributed by atoms with Crippen molar-refractivity contribution in [2.24, 2.45) is 0 Å². The lowest BCUT2D eigenvalue weighted by Crippen LogP contribution is -2.14. The number of methoxy groups -OCH3 is 1. The van der Waals surface area contributed by atoms with Gasteiger partial charge in [0.05, 0.1) is 12.7 Å². The van der Waals surface area contributed by atoms with Gasteiger partial charge >= 0.3 is 5.97 Å².